The van der Waals surface area contributed by atoms with Crippen molar-refractivity contribution >= 4 is 17.8 Å². The van der Waals surface area contributed by atoms with Crippen LogP contribution in [-0.4, -0.2) is 33.7 Å². The van der Waals surface area contributed by atoms with E-state index in [0.29, 0.717) is 30.8 Å². The van der Waals surface area contributed by atoms with E-state index in [4.69, 9.17) is 9.15 Å². The van der Waals surface area contributed by atoms with Crippen LogP contribution in [0.2, 0.25) is 0 Å². The second-order valence-electron chi connectivity index (χ2n) is 8.47. The van der Waals surface area contributed by atoms with Gasteiger partial charge in [-0.1, -0.05) is 44.2 Å². The number of amides is 2. The molecule has 2 aliphatic rings. The highest BCUT2D eigenvalue weighted by molar-refractivity contribution is 6.08. The number of benzene rings is 1. The normalized spacial score (nSPS) is 21.5. The fourth-order valence-electron chi connectivity index (χ4n) is 4.21. The van der Waals surface area contributed by atoms with Crippen LogP contribution in [0.1, 0.15) is 38.8 Å². The van der Waals surface area contributed by atoms with Gasteiger partial charge in [0.15, 0.2) is 0 Å². The molecule has 2 heterocycles. The van der Waals surface area contributed by atoms with Crippen molar-refractivity contribution < 1.29 is 23.5 Å². The molecule has 7 nitrogen and oxygen atoms in total. The summed E-state index contributed by atoms with van der Waals surface area (Å²) in [6.07, 6.45) is 6.74. The molecule has 1 aliphatic carbocycles. The van der Waals surface area contributed by atoms with Gasteiger partial charge in [-0.2, -0.15) is 0 Å². The number of allylic oxidation sites excluding steroid dienone is 2. The van der Waals surface area contributed by atoms with E-state index in [1.807, 2.05) is 56.3 Å². The molecule has 1 saturated heterocycles. The minimum absolute atomic E-state index is 0.0889. The molecule has 7 heteroatoms. The number of hydrogen-bond acceptors (Lipinski definition) is 6. The van der Waals surface area contributed by atoms with Crippen LogP contribution in [0.4, 0.5) is 0 Å². The topological polar surface area (TPSA) is 89.7 Å². The number of ether oxygens (including phenoxy) is 1. The Bertz CT molecular complexity index is 968. The standard InChI is InChI=1S/C24H26N2O5/c1-15(2)12-20(26-22(27)18-10-6-7-11-19(18)23(26)28)24(29)31-14-17-13-30-21(25-17)16-8-4-3-5-9-16/h3-9,13,15,18-20H,10-12,14H2,1-2H3/t18-,19+,20-/m1/s1. The van der Waals surface area contributed by atoms with Crippen molar-refractivity contribution in [3.8, 4) is 11.5 Å². The third-order valence-electron chi connectivity index (χ3n) is 5.75. The van der Waals surface area contributed by atoms with E-state index in [0.717, 1.165) is 10.5 Å². The zero-order valence-electron chi connectivity index (χ0n) is 17.7. The molecule has 1 aromatic heterocycles. The van der Waals surface area contributed by atoms with Crippen LogP contribution in [0.25, 0.3) is 11.5 Å². The molecule has 31 heavy (non-hydrogen) atoms. The van der Waals surface area contributed by atoms with E-state index in [1.54, 1.807) is 0 Å². The predicted molar refractivity (Wildman–Crippen MR) is 112 cm³/mol. The number of imide groups is 1. The van der Waals surface area contributed by atoms with E-state index in [-0.39, 0.29) is 36.2 Å². The summed E-state index contributed by atoms with van der Waals surface area (Å²) in [5.74, 6) is -1.33. The third kappa shape index (κ3) is 4.31. The highest BCUT2D eigenvalue weighted by atomic mass is 16.5. The number of rotatable bonds is 7. The first kappa shape index (κ1) is 21.0. The molecule has 1 aliphatic heterocycles. The SMILES string of the molecule is CC(C)C[C@H](C(=O)OCc1coc(-c2ccccc2)n1)N1C(=O)[C@H]2CC=CC[C@H]2C1=O. The van der Waals surface area contributed by atoms with Crippen LogP contribution >= 0.6 is 0 Å². The van der Waals surface area contributed by atoms with Gasteiger partial charge >= 0.3 is 5.97 Å². The zero-order chi connectivity index (χ0) is 22.0. The lowest BCUT2D eigenvalue weighted by Gasteiger charge is -2.26. The number of fused-ring (bicyclic) bond motifs is 1. The Kier molecular flexibility index (Phi) is 6.02. The van der Waals surface area contributed by atoms with Crippen LogP contribution in [-0.2, 0) is 25.7 Å². The minimum atomic E-state index is -0.925. The van der Waals surface area contributed by atoms with E-state index in [2.05, 4.69) is 4.98 Å². The average molecular weight is 422 g/mol. The average Bonchev–Trinajstić information content (AvgIpc) is 3.35. The van der Waals surface area contributed by atoms with Gasteiger partial charge in [0.1, 0.15) is 24.6 Å². The predicted octanol–water partition coefficient (Wildman–Crippen LogP) is 3.75. The molecule has 4 rings (SSSR count). The lowest BCUT2D eigenvalue weighted by molar-refractivity contribution is -0.160. The Morgan fingerprint density at radius 1 is 1.13 bits per heavy atom. The van der Waals surface area contributed by atoms with Gasteiger partial charge in [-0.25, -0.2) is 9.78 Å². The molecule has 0 bridgehead atoms. The summed E-state index contributed by atoms with van der Waals surface area (Å²) >= 11 is 0. The minimum Gasteiger partial charge on any atom is -0.457 e. The fourth-order valence-corrected chi connectivity index (χ4v) is 4.21. The summed E-state index contributed by atoms with van der Waals surface area (Å²) in [6, 6.07) is 8.49. The summed E-state index contributed by atoms with van der Waals surface area (Å²) in [4.78, 5) is 44.4. The Hall–Kier alpha value is -3.22. The number of likely N-dealkylation sites (tertiary alicyclic amines) is 1. The van der Waals surface area contributed by atoms with Gasteiger partial charge in [0.05, 0.1) is 11.8 Å². The van der Waals surface area contributed by atoms with Crippen LogP contribution in [0.3, 0.4) is 0 Å². The van der Waals surface area contributed by atoms with Gasteiger partial charge in [0.25, 0.3) is 0 Å². The van der Waals surface area contributed by atoms with Crippen molar-refractivity contribution in [1.29, 1.82) is 0 Å². The second kappa shape index (κ2) is 8.88. The van der Waals surface area contributed by atoms with E-state index in [9.17, 15) is 14.4 Å². The Morgan fingerprint density at radius 2 is 1.77 bits per heavy atom. The van der Waals surface area contributed by atoms with E-state index >= 15 is 0 Å². The number of aromatic nitrogens is 1. The second-order valence-corrected chi connectivity index (χ2v) is 8.47. The van der Waals surface area contributed by atoms with Gasteiger partial charge in [-0.3, -0.25) is 14.5 Å². The number of carbonyl (C=O) groups excluding carboxylic acids is 3. The molecule has 1 fully saturated rings. The highest BCUT2D eigenvalue weighted by Crippen LogP contribution is 2.37. The fraction of sp³-hybridized carbons (Fsp3) is 0.417. The first-order valence-corrected chi connectivity index (χ1v) is 10.6. The van der Waals surface area contributed by atoms with Gasteiger partial charge in [-0.15, -0.1) is 0 Å². The lowest BCUT2D eigenvalue weighted by Crippen LogP contribution is -2.47. The largest absolute Gasteiger partial charge is 0.457 e. The molecule has 162 valence electrons. The van der Waals surface area contributed by atoms with E-state index in [1.165, 1.54) is 6.26 Å². The Labute approximate surface area is 181 Å². The van der Waals surface area contributed by atoms with Gasteiger partial charge < -0.3 is 9.15 Å². The molecule has 3 atom stereocenters. The monoisotopic (exact) mass is 422 g/mol. The van der Waals surface area contributed by atoms with Gasteiger partial charge in [-0.05, 0) is 37.3 Å². The summed E-state index contributed by atoms with van der Waals surface area (Å²) < 4.78 is 11.0. The molecule has 0 unspecified atom stereocenters. The third-order valence-corrected chi connectivity index (χ3v) is 5.75. The molecule has 1 aromatic carbocycles. The van der Waals surface area contributed by atoms with Crippen molar-refractivity contribution in [3.05, 3.63) is 54.4 Å². The molecule has 0 saturated carbocycles. The maximum Gasteiger partial charge on any atom is 0.329 e. The quantitative estimate of drug-likeness (QED) is 0.384. The number of carbonyl (C=O) groups is 3. The maximum atomic E-state index is 13.0. The number of hydrogen-bond donors (Lipinski definition) is 0. The summed E-state index contributed by atoms with van der Waals surface area (Å²) in [6.45, 7) is 3.81. The highest BCUT2D eigenvalue weighted by Gasteiger charge is 2.51. The number of nitrogens with zero attached hydrogens (tertiary/aromatic N) is 2. The summed E-state index contributed by atoms with van der Waals surface area (Å²) in [7, 11) is 0. The first-order chi connectivity index (χ1) is 15.0. The van der Waals surface area contributed by atoms with Crippen molar-refractivity contribution in [1.82, 2.24) is 9.88 Å². The molecule has 0 spiro atoms. The van der Waals surface area contributed by atoms with Crippen LogP contribution in [0.5, 0.6) is 0 Å². The Morgan fingerprint density at radius 3 is 2.39 bits per heavy atom. The van der Waals surface area contributed by atoms with Gasteiger partial charge in [0.2, 0.25) is 17.7 Å². The van der Waals surface area contributed by atoms with Crippen LogP contribution in [0, 0.1) is 17.8 Å². The number of esters is 1. The Balaban J connectivity index is 1.46. The van der Waals surface area contributed by atoms with Crippen LogP contribution < -0.4 is 0 Å². The summed E-state index contributed by atoms with van der Waals surface area (Å²) in [5, 5.41) is 0. The molecule has 2 aromatic rings. The first-order valence-electron chi connectivity index (χ1n) is 10.6. The van der Waals surface area contributed by atoms with Gasteiger partial charge in [0, 0.05) is 5.56 Å². The maximum absolute atomic E-state index is 13.0. The van der Waals surface area contributed by atoms with Crippen LogP contribution in [0.15, 0.2) is 53.2 Å². The molecular formula is C24H26N2O5. The molecule has 0 radical (unpaired) electrons. The number of oxazole rings is 1. The van der Waals surface area contributed by atoms with Crippen molar-refractivity contribution in [2.45, 2.75) is 45.8 Å². The van der Waals surface area contributed by atoms with Crippen molar-refractivity contribution in [2.24, 2.45) is 17.8 Å². The molecule has 2 amide bonds. The van der Waals surface area contributed by atoms with Crippen molar-refractivity contribution in [3.63, 3.8) is 0 Å². The summed E-state index contributed by atoms with van der Waals surface area (Å²) in [5.41, 5.74) is 1.29. The van der Waals surface area contributed by atoms with Crippen molar-refractivity contribution in [2.75, 3.05) is 0 Å². The smallest absolute Gasteiger partial charge is 0.329 e. The lowest BCUT2D eigenvalue weighted by atomic mass is 9.85. The van der Waals surface area contributed by atoms with E-state index < -0.39 is 12.0 Å². The molecular weight excluding hydrogens is 396 g/mol. The zero-order valence-corrected chi connectivity index (χ0v) is 17.7. The molecule has 0 N–H and O–H groups in total.